The Balaban J connectivity index is 2.08. The third-order valence-corrected chi connectivity index (χ3v) is 3.00. The van der Waals surface area contributed by atoms with Crippen molar-refractivity contribution in [2.45, 2.75) is 13.3 Å². The first-order valence-electron chi connectivity index (χ1n) is 6.71. The van der Waals surface area contributed by atoms with Gasteiger partial charge in [0.15, 0.2) is 5.69 Å². The first kappa shape index (κ1) is 15.2. The molecule has 1 aromatic carbocycles. The van der Waals surface area contributed by atoms with Gasteiger partial charge in [-0.1, -0.05) is 0 Å². The van der Waals surface area contributed by atoms with Crippen molar-refractivity contribution in [3.8, 4) is 5.69 Å². The molecule has 1 aromatic heterocycles. The highest BCUT2D eigenvalue weighted by molar-refractivity contribution is 5.92. The standard InChI is InChI=1S/C15H18FN3O2/c1-11-10-14(15(20)17-8-3-9-21-2)18-19(11)13-6-4-12(16)5-7-13/h4-7,10H,3,8-9H2,1-2H3,(H,17,20). The number of carbonyl (C=O) groups is 1. The van der Waals surface area contributed by atoms with Crippen LogP contribution in [-0.4, -0.2) is 35.9 Å². The maximum atomic E-state index is 12.9. The normalized spacial score (nSPS) is 10.6. The molecule has 0 fully saturated rings. The number of ether oxygens (including phenoxy) is 1. The van der Waals surface area contributed by atoms with Crippen LogP contribution in [-0.2, 0) is 4.74 Å². The van der Waals surface area contributed by atoms with Gasteiger partial charge >= 0.3 is 0 Å². The van der Waals surface area contributed by atoms with E-state index in [2.05, 4.69) is 10.4 Å². The van der Waals surface area contributed by atoms with E-state index in [1.54, 1.807) is 30.0 Å². The van der Waals surface area contributed by atoms with Crippen LogP contribution < -0.4 is 5.32 Å². The molecular weight excluding hydrogens is 273 g/mol. The Morgan fingerprint density at radius 1 is 1.38 bits per heavy atom. The summed E-state index contributed by atoms with van der Waals surface area (Å²) in [4.78, 5) is 12.0. The minimum absolute atomic E-state index is 0.227. The topological polar surface area (TPSA) is 56.1 Å². The Bertz CT molecular complexity index is 608. The van der Waals surface area contributed by atoms with Gasteiger partial charge in [-0.15, -0.1) is 0 Å². The van der Waals surface area contributed by atoms with Crippen molar-refractivity contribution < 1.29 is 13.9 Å². The summed E-state index contributed by atoms with van der Waals surface area (Å²) in [6.07, 6.45) is 0.750. The highest BCUT2D eigenvalue weighted by Gasteiger charge is 2.12. The van der Waals surface area contributed by atoms with E-state index in [0.29, 0.717) is 24.5 Å². The van der Waals surface area contributed by atoms with Crippen LogP contribution in [0, 0.1) is 12.7 Å². The molecule has 2 rings (SSSR count). The molecule has 112 valence electrons. The smallest absolute Gasteiger partial charge is 0.271 e. The maximum absolute atomic E-state index is 12.9. The van der Waals surface area contributed by atoms with Gasteiger partial charge in [0, 0.05) is 26.0 Å². The third-order valence-electron chi connectivity index (χ3n) is 3.00. The van der Waals surface area contributed by atoms with Crippen molar-refractivity contribution in [3.05, 3.63) is 47.5 Å². The lowest BCUT2D eigenvalue weighted by molar-refractivity contribution is 0.0943. The van der Waals surface area contributed by atoms with Crippen molar-refractivity contribution in [3.63, 3.8) is 0 Å². The summed E-state index contributed by atoms with van der Waals surface area (Å²) < 4.78 is 19.5. The highest BCUT2D eigenvalue weighted by atomic mass is 19.1. The average molecular weight is 291 g/mol. The zero-order chi connectivity index (χ0) is 15.2. The highest BCUT2D eigenvalue weighted by Crippen LogP contribution is 2.12. The quantitative estimate of drug-likeness (QED) is 0.829. The van der Waals surface area contributed by atoms with Crippen LogP contribution >= 0.6 is 0 Å². The number of aryl methyl sites for hydroxylation is 1. The number of methoxy groups -OCH3 is 1. The number of hydrogen-bond donors (Lipinski definition) is 1. The summed E-state index contributed by atoms with van der Waals surface area (Å²) in [7, 11) is 1.62. The van der Waals surface area contributed by atoms with Crippen LogP contribution in [0.2, 0.25) is 0 Å². The van der Waals surface area contributed by atoms with Gasteiger partial charge < -0.3 is 10.1 Å². The zero-order valence-corrected chi connectivity index (χ0v) is 12.1. The molecule has 21 heavy (non-hydrogen) atoms. The van der Waals surface area contributed by atoms with Crippen molar-refractivity contribution in [2.24, 2.45) is 0 Å². The fraction of sp³-hybridized carbons (Fsp3) is 0.333. The molecule has 0 spiro atoms. The van der Waals surface area contributed by atoms with E-state index in [4.69, 9.17) is 4.74 Å². The van der Waals surface area contributed by atoms with E-state index in [-0.39, 0.29) is 11.7 Å². The summed E-state index contributed by atoms with van der Waals surface area (Å²) in [5.41, 5.74) is 1.87. The summed E-state index contributed by atoms with van der Waals surface area (Å²) in [6, 6.07) is 7.67. The van der Waals surface area contributed by atoms with E-state index in [1.165, 1.54) is 12.1 Å². The van der Waals surface area contributed by atoms with Gasteiger partial charge in [0.2, 0.25) is 0 Å². The van der Waals surface area contributed by atoms with Gasteiger partial charge in [0.25, 0.3) is 5.91 Å². The zero-order valence-electron chi connectivity index (χ0n) is 12.1. The molecular formula is C15H18FN3O2. The Kier molecular flexibility index (Phi) is 5.05. The molecule has 0 aliphatic carbocycles. The van der Waals surface area contributed by atoms with Crippen LogP contribution in [0.4, 0.5) is 4.39 Å². The molecule has 0 atom stereocenters. The predicted molar refractivity (Wildman–Crippen MR) is 77.1 cm³/mol. The van der Waals surface area contributed by atoms with Crippen molar-refractivity contribution in [1.29, 1.82) is 0 Å². The van der Waals surface area contributed by atoms with E-state index >= 15 is 0 Å². The SMILES string of the molecule is COCCCNC(=O)c1cc(C)n(-c2ccc(F)cc2)n1. The number of carbonyl (C=O) groups excluding carboxylic acids is 1. The molecule has 0 aliphatic heterocycles. The summed E-state index contributed by atoms with van der Waals surface area (Å²) in [6.45, 7) is 2.98. The van der Waals surface area contributed by atoms with Gasteiger partial charge in [-0.2, -0.15) is 5.10 Å². The number of nitrogens with one attached hydrogen (secondary N) is 1. The number of aromatic nitrogens is 2. The van der Waals surface area contributed by atoms with Crippen LogP contribution in [0.5, 0.6) is 0 Å². The lowest BCUT2D eigenvalue weighted by atomic mass is 10.3. The minimum atomic E-state index is -0.306. The van der Waals surface area contributed by atoms with Crippen LogP contribution in [0.1, 0.15) is 22.6 Å². The number of benzene rings is 1. The first-order chi connectivity index (χ1) is 10.1. The molecule has 0 unspecified atom stereocenters. The summed E-state index contributed by atoms with van der Waals surface area (Å²) in [5.74, 6) is -0.533. The predicted octanol–water partition coefficient (Wildman–Crippen LogP) is 2.09. The lowest BCUT2D eigenvalue weighted by Crippen LogP contribution is -2.25. The number of amides is 1. The second kappa shape index (κ2) is 6.99. The Morgan fingerprint density at radius 2 is 2.10 bits per heavy atom. The number of nitrogens with zero attached hydrogens (tertiary/aromatic N) is 2. The molecule has 1 amide bonds. The molecule has 0 saturated carbocycles. The van der Waals surface area contributed by atoms with Crippen molar-refractivity contribution in [2.75, 3.05) is 20.3 Å². The second-order valence-electron chi connectivity index (χ2n) is 4.66. The Hall–Kier alpha value is -2.21. The number of halogens is 1. The maximum Gasteiger partial charge on any atom is 0.271 e. The van der Waals surface area contributed by atoms with E-state index < -0.39 is 0 Å². The van der Waals surface area contributed by atoms with Gasteiger partial charge in [0.1, 0.15) is 5.82 Å². The lowest BCUT2D eigenvalue weighted by Gasteiger charge is -2.04. The Morgan fingerprint density at radius 3 is 2.76 bits per heavy atom. The van der Waals surface area contributed by atoms with E-state index in [0.717, 1.165) is 12.1 Å². The monoisotopic (exact) mass is 291 g/mol. The van der Waals surface area contributed by atoms with Crippen LogP contribution in [0.3, 0.4) is 0 Å². The van der Waals surface area contributed by atoms with Gasteiger partial charge in [0.05, 0.1) is 5.69 Å². The molecule has 1 N–H and O–H groups in total. The molecule has 1 heterocycles. The number of hydrogen-bond acceptors (Lipinski definition) is 3. The van der Waals surface area contributed by atoms with Crippen LogP contribution in [0.25, 0.3) is 5.69 Å². The summed E-state index contributed by atoms with van der Waals surface area (Å²) >= 11 is 0. The van der Waals surface area contributed by atoms with Gasteiger partial charge in [-0.3, -0.25) is 4.79 Å². The summed E-state index contributed by atoms with van der Waals surface area (Å²) in [5, 5.41) is 7.04. The fourth-order valence-electron chi connectivity index (χ4n) is 1.94. The second-order valence-corrected chi connectivity index (χ2v) is 4.66. The molecule has 6 heteroatoms. The van der Waals surface area contributed by atoms with Crippen molar-refractivity contribution >= 4 is 5.91 Å². The number of rotatable bonds is 6. The fourth-order valence-corrected chi connectivity index (χ4v) is 1.94. The molecule has 0 bridgehead atoms. The minimum Gasteiger partial charge on any atom is -0.385 e. The molecule has 2 aromatic rings. The molecule has 5 nitrogen and oxygen atoms in total. The largest absolute Gasteiger partial charge is 0.385 e. The van der Waals surface area contributed by atoms with Gasteiger partial charge in [-0.05, 0) is 43.7 Å². The first-order valence-corrected chi connectivity index (χ1v) is 6.71. The van der Waals surface area contributed by atoms with E-state index in [1.807, 2.05) is 6.92 Å². The van der Waals surface area contributed by atoms with E-state index in [9.17, 15) is 9.18 Å². The molecule has 0 radical (unpaired) electrons. The molecule has 0 aliphatic rings. The van der Waals surface area contributed by atoms with Crippen molar-refractivity contribution in [1.82, 2.24) is 15.1 Å². The molecule has 0 saturated heterocycles. The average Bonchev–Trinajstić information content (AvgIpc) is 2.86. The Labute approximate surface area is 122 Å². The van der Waals surface area contributed by atoms with Gasteiger partial charge in [-0.25, -0.2) is 9.07 Å². The van der Waals surface area contributed by atoms with Crippen LogP contribution in [0.15, 0.2) is 30.3 Å². The third kappa shape index (κ3) is 3.88.